The molecule has 4 rings (SSSR count). The third kappa shape index (κ3) is 3.83. The highest BCUT2D eigenvalue weighted by Crippen LogP contribution is 2.29. The largest absolute Gasteiger partial charge is 0.360 e. The summed E-state index contributed by atoms with van der Waals surface area (Å²) in [5.41, 5.74) is 3.43. The Labute approximate surface area is 169 Å². The average Bonchev–Trinajstić information content (AvgIpc) is 2.78. The molecule has 0 bridgehead atoms. The molecule has 1 aromatic heterocycles. The fourth-order valence-corrected chi connectivity index (χ4v) is 3.53. The lowest BCUT2D eigenvalue weighted by Gasteiger charge is -2.31. The van der Waals surface area contributed by atoms with E-state index in [1.54, 1.807) is 4.90 Å². The second-order valence-electron chi connectivity index (χ2n) is 7.16. The molecule has 0 fully saturated rings. The minimum absolute atomic E-state index is 0.104. The van der Waals surface area contributed by atoms with Crippen molar-refractivity contribution in [3.05, 3.63) is 77.2 Å². The zero-order valence-electron chi connectivity index (χ0n) is 16.6. The van der Waals surface area contributed by atoms with Gasteiger partial charge in [-0.2, -0.15) is 0 Å². The molecule has 0 unspecified atom stereocenters. The van der Waals surface area contributed by atoms with Crippen LogP contribution in [-0.4, -0.2) is 40.9 Å². The molecule has 0 aliphatic carbocycles. The zero-order chi connectivity index (χ0) is 20.4. The fourth-order valence-electron chi connectivity index (χ4n) is 3.53. The number of carbonyl (C=O) groups is 1. The topological polar surface area (TPSA) is 49.3 Å². The Kier molecular flexibility index (Phi) is 5.25. The fraction of sp³-hybridized carbons (Fsp3) is 0.261. The van der Waals surface area contributed by atoms with E-state index >= 15 is 0 Å². The highest BCUT2D eigenvalue weighted by atomic mass is 19.1. The van der Waals surface area contributed by atoms with Crippen LogP contribution in [0.2, 0.25) is 0 Å². The Balaban J connectivity index is 1.69. The predicted octanol–water partition coefficient (Wildman–Crippen LogP) is 3.94. The number of amides is 1. The van der Waals surface area contributed by atoms with E-state index in [0.717, 1.165) is 29.2 Å². The van der Waals surface area contributed by atoms with E-state index in [0.29, 0.717) is 30.9 Å². The molecule has 0 spiro atoms. The minimum Gasteiger partial charge on any atom is -0.360 e. The van der Waals surface area contributed by atoms with Gasteiger partial charge in [-0.05, 0) is 31.2 Å². The number of fused-ring (bicyclic) bond motifs is 1. The minimum atomic E-state index is -0.348. The SMILES string of the molecule is CCN(C)c1nc(-c2ccccc2)nc2c1CN(C(=O)c1ccc(F)cc1)CC2. The second-order valence-corrected chi connectivity index (χ2v) is 7.16. The number of carbonyl (C=O) groups excluding carboxylic acids is 1. The van der Waals surface area contributed by atoms with Crippen molar-refractivity contribution in [2.75, 3.05) is 25.0 Å². The first-order valence-corrected chi connectivity index (χ1v) is 9.78. The van der Waals surface area contributed by atoms with Gasteiger partial charge in [-0.15, -0.1) is 0 Å². The van der Waals surface area contributed by atoms with Gasteiger partial charge in [0, 0.05) is 43.2 Å². The molecule has 3 aromatic rings. The Morgan fingerprint density at radius 1 is 1.10 bits per heavy atom. The highest BCUT2D eigenvalue weighted by Gasteiger charge is 2.27. The van der Waals surface area contributed by atoms with Crippen LogP contribution in [0.5, 0.6) is 0 Å². The molecule has 0 radical (unpaired) electrons. The maximum atomic E-state index is 13.2. The van der Waals surface area contributed by atoms with Gasteiger partial charge >= 0.3 is 0 Å². The number of halogens is 1. The lowest BCUT2D eigenvalue weighted by Crippen LogP contribution is -2.37. The normalized spacial score (nSPS) is 13.1. The second kappa shape index (κ2) is 7.99. The summed E-state index contributed by atoms with van der Waals surface area (Å²) < 4.78 is 13.2. The number of hydrogen-bond donors (Lipinski definition) is 0. The van der Waals surface area contributed by atoms with Crippen molar-refractivity contribution in [1.82, 2.24) is 14.9 Å². The number of aromatic nitrogens is 2. The molecule has 2 aromatic carbocycles. The van der Waals surface area contributed by atoms with Gasteiger partial charge in [0.15, 0.2) is 5.82 Å². The van der Waals surface area contributed by atoms with E-state index in [9.17, 15) is 9.18 Å². The third-order valence-electron chi connectivity index (χ3n) is 5.28. The van der Waals surface area contributed by atoms with Gasteiger partial charge in [-0.1, -0.05) is 30.3 Å². The predicted molar refractivity (Wildman–Crippen MR) is 111 cm³/mol. The van der Waals surface area contributed by atoms with E-state index in [-0.39, 0.29) is 11.7 Å². The van der Waals surface area contributed by atoms with E-state index < -0.39 is 0 Å². The molecule has 0 atom stereocenters. The number of nitrogens with zero attached hydrogens (tertiary/aromatic N) is 4. The van der Waals surface area contributed by atoms with Gasteiger partial charge in [0.2, 0.25) is 0 Å². The maximum absolute atomic E-state index is 13.2. The summed E-state index contributed by atoms with van der Waals surface area (Å²) in [5.74, 6) is 1.11. The van der Waals surface area contributed by atoms with Gasteiger partial charge in [0.1, 0.15) is 11.6 Å². The summed E-state index contributed by atoms with van der Waals surface area (Å²) in [6.45, 7) is 3.88. The summed E-state index contributed by atoms with van der Waals surface area (Å²) in [7, 11) is 2.00. The van der Waals surface area contributed by atoms with Crippen molar-refractivity contribution in [3.63, 3.8) is 0 Å². The van der Waals surface area contributed by atoms with Crippen LogP contribution in [0.1, 0.15) is 28.5 Å². The maximum Gasteiger partial charge on any atom is 0.254 e. The first-order valence-electron chi connectivity index (χ1n) is 9.78. The van der Waals surface area contributed by atoms with Gasteiger partial charge in [-0.25, -0.2) is 14.4 Å². The Bertz CT molecular complexity index is 1020. The number of benzene rings is 2. The van der Waals surface area contributed by atoms with Crippen molar-refractivity contribution >= 4 is 11.7 Å². The van der Waals surface area contributed by atoms with Crippen molar-refractivity contribution in [3.8, 4) is 11.4 Å². The third-order valence-corrected chi connectivity index (χ3v) is 5.28. The Hall–Kier alpha value is -3.28. The molecule has 5 nitrogen and oxygen atoms in total. The average molecular weight is 390 g/mol. The molecule has 1 aliphatic rings. The first kappa shape index (κ1) is 19.1. The number of hydrogen-bond acceptors (Lipinski definition) is 4. The van der Waals surface area contributed by atoms with Gasteiger partial charge < -0.3 is 9.80 Å². The summed E-state index contributed by atoms with van der Waals surface area (Å²) in [6, 6.07) is 15.6. The van der Waals surface area contributed by atoms with Crippen LogP contribution in [0.15, 0.2) is 54.6 Å². The molecule has 1 aliphatic heterocycles. The van der Waals surface area contributed by atoms with Crippen molar-refractivity contribution < 1.29 is 9.18 Å². The quantitative estimate of drug-likeness (QED) is 0.677. The number of anilines is 1. The van der Waals surface area contributed by atoms with Crippen LogP contribution in [-0.2, 0) is 13.0 Å². The summed E-state index contributed by atoms with van der Waals surface area (Å²) in [4.78, 5) is 26.4. The van der Waals surface area contributed by atoms with Crippen LogP contribution in [0.3, 0.4) is 0 Å². The van der Waals surface area contributed by atoms with Gasteiger partial charge in [0.05, 0.1) is 12.2 Å². The van der Waals surface area contributed by atoms with E-state index in [2.05, 4.69) is 11.8 Å². The molecule has 1 amide bonds. The first-order chi connectivity index (χ1) is 14.1. The van der Waals surface area contributed by atoms with Crippen LogP contribution >= 0.6 is 0 Å². The monoisotopic (exact) mass is 390 g/mol. The Morgan fingerprint density at radius 2 is 1.83 bits per heavy atom. The zero-order valence-corrected chi connectivity index (χ0v) is 16.6. The molecule has 29 heavy (non-hydrogen) atoms. The van der Waals surface area contributed by atoms with E-state index in [4.69, 9.17) is 9.97 Å². The van der Waals surface area contributed by atoms with Crippen LogP contribution < -0.4 is 4.90 Å². The van der Waals surface area contributed by atoms with Crippen LogP contribution in [0.25, 0.3) is 11.4 Å². The van der Waals surface area contributed by atoms with Crippen molar-refractivity contribution in [2.45, 2.75) is 19.9 Å². The lowest BCUT2D eigenvalue weighted by molar-refractivity contribution is 0.0733. The lowest BCUT2D eigenvalue weighted by atomic mass is 10.0. The smallest absolute Gasteiger partial charge is 0.254 e. The molecule has 0 N–H and O–H groups in total. The molecule has 2 heterocycles. The number of rotatable bonds is 4. The molecular formula is C23H23FN4O. The summed E-state index contributed by atoms with van der Waals surface area (Å²) in [5, 5.41) is 0. The van der Waals surface area contributed by atoms with Gasteiger partial charge in [0.25, 0.3) is 5.91 Å². The van der Waals surface area contributed by atoms with E-state index in [1.807, 2.05) is 37.4 Å². The molecular weight excluding hydrogens is 367 g/mol. The van der Waals surface area contributed by atoms with Crippen LogP contribution in [0, 0.1) is 5.82 Å². The van der Waals surface area contributed by atoms with E-state index in [1.165, 1.54) is 24.3 Å². The van der Waals surface area contributed by atoms with Crippen LogP contribution in [0.4, 0.5) is 10.2 Å². The molecule has 0 saturated heterocycles. The Morgan fingerprint density at radius 3 is 2.52 bits per heavy atom. The highest BCUT2D eigenvalue weighted by molar-refractivity contribution is 5.94. The molecule has 148 valence electrons. The molecule has 6 heteroatoms. The summed E-state index contributed by atoms with van der Waals surface area (Å²) in [6.07, 6.45) is 0.662. The van der Waals surface area contributed by atoms with Crippen molar-refractivity contribution in [1.29, 1.82) is 0 Å². The molecule has 0 saturated carbocycles. The standard InChI is InChI=1S/C23H23FN4O/c1-3-27(2)22-19-15-28(23(29)17-9-11-18(24)12-10-17)14-13-20(19)25-21(26-22)16-7-5-4-6-8-16/h4-12H,3,13-15H2,1-2H3. The summed E-state index contributed by atoms with van der Waals surface area (Å²) >= 11 is 0. The van der Waals surface area contributed by atoms with Gasteiger partial charge in [-0.3, -0.25) is 4.79 Å². The van der Waals surface area contributed by atoms with Crippen molar-refractivity contribution in [2.24, 2.45) is 0 Å².